The minimum atomic E-state index is -0.317. The zero-order valence-electron chi connectivity index (χ0n) is 5.20. The molecule has 1 aliphatic heterocycles. The molecule has 52 valence electrons. The lowest BCUT2D eigenvalue weighted by Crippen LogP contribution is -2.18. The van der Waals surface area contributed by atoms with E-state index in [1.165, 1.54) is 7.05 Å². The minimum Gasteiger partial charge on any atom is -0.394 e. The summed E-state index contributed by atoms with van der Waals surface area (Å²) in [6.45, 7) is -0.0872. The molecule has 0 aromatic carbocycles. The van der Waals surface area contributed by atoms with Gasteiger partial charge < -0.3 is 5.11 Å². The Balaban J connectivity index is 2.44. The molecule has 9 heavy (non-hydrogen) atoms. The predicted octanol–water partition coefficient (Wildman–Crippen LogP) is -0.859. The Kier molecular flexibility index (Phi) is 1.68. The average Bonchev–Trinajstić information content (AvgIpc) is 2.13. The van der Waals surface area contributed by atoms with Crippen molar-refractivity contribution in [1.29, 1.82) is 0 Å². The minimum absolute atomic E-state index is 0.0750. The standard InChI is InChI=1S/C5H9NO3/c1-6-5(8)2-4(3-7)9-6/h4,7H,2-3H2,1H3/t4-/m1/s1. The fourth-order valence-electron chi connectivity index (χ4n) is 0.741. The Hall–Kier alpha value is -0.610. The Morgan fingerprint density at radius 2 is 2.67 bits per heavy atom. The Morgan fingerprint density at radius 3 is 2.89 bits per heavy atom. The van der Waals surface area contributed by atoms with Crippen molar-refractivity contribution in [3.8, 4) is 0 Å². The van der Waals surface area contributed by atoms with Crippen LogP contribution in [0.2, 0.25) is 0 Å². The molecule has 4 nitrogen and oxygen atoms in total. The molecule has 1 heterocycles. The molecule has 1 N–H and O–H groups in total. The third-order valence-electron chi connectivity index (χ3n) is 1.26. The fourth-order valence-corrected chi connectivity index (χ4v) is 0.741. The van der Waals surface area contributed by atoms with Crippen LogP contribution in [0.15, 0.2) is 0 Å². The Bertz CT molecular complexity index is 125. The van der Waals surface area contributed by atoms with Gasteiger partial charge >= 0.3 is 0 Å². The Labute approximate surface area is 53.0 Å². The van der Waals surface area contributed by atoms with Crippen LogP contribution in [0.4, 0.5) is 0 Å². The van der Waals surface area contributed by atoms with Crippen molar-refractivity contribution in [3.05, 3.63) is 0 Å². The topological polar surface area (TPSA) is 49.8 Å². The maximum absolute atomic E-state index is 10.6. The van der Waals surface area contributed by atoms with Gasteiger partial charge in [-0.05, 0) is 0 Å². The van der Waals surface area contributed by atoms with Gasteiger partial charge in [-0.1, -0.05) is 0 Å². The number of nitrogens with zero attached hydrogens (tertiary/aromatic N) is 1. The van der Waals surface area contributed by atoms with Crippen molar-refractivity contribution in [2.24, 2.45) is 0 Å². The quantitative estimate of drug-likeness (QED) is 0.504. The highest BCUT2D eigenvalue weighted by molar-refractivity contribution is 5.76. The van der Waals surface area contributed by atoms with Crippen molar-refractivity contribution < 1.29 is 14.7 Å². The van der Waals surface area contributed by atoms with Crippen molar-refractivity contribution >= 4 is 5.91 Å². The SMILES string of the molecule is CN1O[C@@H](CO)CC1=O. The van der Waals surface area contributed by atoms with Gasteiger partial charge in [-0.3, -0.25) is 9.63 Å². The van der Waals surface area contributed by atoms with Crippen molar-refractivity contribution in [3.63, 3.8) is 0 Å². The third kappa shape index (κ3) is 1.20. The van der Waals surface area contributed by atoms with E-state index < -0.39 is 0 Å². The summed E-state index contributed by atoms with van der Waals surface area (Å²) in [5.74, 6) is -0.0750. The summed E-state index contributed by atoms with van der Waals surface area (Å²) in [7, 11) is 1.54. The van der Waals surface area contributed by atoms with E-state index in [2.05, 4.69) is 0 Å². The number of aliphatic hydroxyl groups is 1. The van der Waals surface area contributed by atoms with Gasteiger partial charge in [0.05, 0.1) is 13.0 Å². The highest BCUT2D eigenvalue weighted by Gasteiger charge is 2.26. The lowest BCUT2D eigenvalue weighted by Gasteiger charge is -2.07. The first-order chi connectivity index (χ1) is 4.24. The zero-order chi connectivity index (χ0) is 6.85. The maximum Gasteiger partial charge on any atom is 0.248 e. The monoisotopic (exact) mass is 131 g/mol. The molecule has 1 atom stereocenters. The molecule has 1 rings (SSSR count). The molecule has 1 aliphatic rings. The molecule has 0 bridgehead atoms. The van der Waals surface area contributed by atoms with E-state index in [0.29, 0.717) is 6.42 Å². The number of hydrogen-bond donors (Lipinski definition) is 1. The predicted molar refractivity (Wildman–Crippen MR) is 29.3 cm³/mol. The van der Waals surface area contributed by atoms with Crippen molar-refractivity contribution in [1.82, 2.24) is 5.06 Å². The molecule has 0 unspecified atom stereocenters. The van der Waals surface area contributed by atoms with E-state index >= 15 is 0 Å². The molecule has 0 aliphatic carbocycles. The summed E-state index contributed by atoms with van der Waals surface area (Å²) in [5.41, 5.74) is 0. The average molecular weight is 131 g/mol. The normalized spacial score (nSPS) is 27.6. The van der Waals surface area contributed by atoms with Gasteiger partial charge in [-0.15, -0.1) is 0 Å². The third-order valence-corrected chi connectivity index (χ3v) is 1.26. The first kappa shape index (κ1) is 6.51. The summed E-state index contributed by atoms with van der Waals surface area (Å²) in [4.78, 5) is 15.5. The largest absolute Gasteiger partial charge is 0.394 e. The second-order valence-corrected chi connectivity index (χ2v) is 2.01. The lowest BCUT2D eigenvalue weighted by molar-refractivity contribution is -0.167. The van der Waals surface area contributed by atoms with Crippen LogP contribution >= 0.6 is 0 Å². The first-order valence-corrected chi connectivity index (χ1v) is 2.78. The van der Waals surface area contributed by atoms with E-state index in [1.54, 1.807) is 0 Å². The van der Waals surface area contributed by atoms with E-state index in [-0.39, 0.29) is 18.6 Å². The van der Waals surface area contributed by atoms with Crippen LogP contribution in [0.1, 0.15) is 6.42 Å². The lowest BCUT2D eigenvalue weighted by atomic mass is 10.3. The van der Waals surface area contributed by atoms with Crippen molar-refractivity contribution in [2.75, 3.05) is 13.7 Å². The molecule has 1 amide bonds. The number of aliphatic hydroxyl groups excluding tert-OH is 1. The number of carbonyl (C=O) groups is 1. The van der Waals surface area contributed by atoms with E-state index in [9.17, 15) is 4.79 Å². The summed E-state index contributed by atoms with van der Waals surface area (Å²) >= 11 is 0. The molecule has 0 radical (unpaired) electrons. The summed E-state index contributed by atoms with van der Waals surface area (Å²) in [5, 5.41) is 9.65. The fraction of sp³-hybridized carbons (Fsp3) is 0.800. The van der Waals surface area contributed by atoms with Crippen molar-refractivity contribution in [2.45, 2.75) is 12.5 Å². The van der Waals surface area contributed by atoms with Gasteiger partial charge in [0.1, 0.15) is 6.10 Å². The van der Waals surface area contributed by atoms with Crippen LogP contribution in [0.3, 0.4) is 0 Å². The van der Waals surface area contributed by atoms with E-state index in [0.717, 1.165) is 5.06 Å². The van der Waals surface area contributed by atoms with Gasteiger partial charge in [0.2, 0.25) is 5.91 Å². The van der Waals surface area contributed by atoms with Gasteiger partial charge in [0.25, 0.3) is 0 Å². The van der Waals surface area contributed by atoms with Gasteiger partial charge in [-0.25, -0.2) is 5.06 Å². The van der Waals surface area contributed by atoms with Crippen LogP contribution in [-0.4, -0.2) is 35.8 Å². The maximum atomic E-state index is 10.6. The second kappa shape index (κ2) is 2.33. The molecule has 4 heteroatoms. The van der Waals surface area contributed by atoms with Crippen LogP contribution in [0, 0.1) is 0 Å². The van der Waals surface area contributed by atoms with E-state index in [1.807, 2.05) is 0 Å². The second-order valence-electron chi connectivity index (χ2n) is 2.01. The number of rotatable bonds is 1. The molecule has 0 aromatic heterocycles. The van der Waals surface area contributed by atoms with Gasteiger partial charge in [0, 0.05) is 7.05 Å². The van der Waals surface area contributed by atoms with Gasteiger partial charge in [0.15, 0.2) is 0 Å². The molecular formula is C5H9NO3. The zero-order valence-corrected chi connectivity index (χ0v) is 5.20. The summed E-state index contributed by atoms with van der Waals surface area (Å²) in [6, 6.07) is 0. The highest BCUT2D eigenvalue weighted by Crippen LogP contribution is 2.11. The Morgan fingerprint density at radius 1 is 2.00 bits per heavy atom. The number of amides is 1. The van der Waals surface area contributed by atoms with Crippen LogP contribution in [-0.2, 0) is 9.63 Å². The number of hydroxylamine groups is 2. The first-order valence-electron chi connectivity index (χ1n) is 2.78. The number of hydrogen-bond acceptors (Lipinski definition) is 3. The summed E-state index contributed by atoms with van der Waals surface area (Å²) in [6.07, 6.45) is -0.0185. The van der Waals surface area contributed by atoms with Gasteiger partial charge in [-0.2, -0.15) is 0 Å². The van der Waals surface area contributed by atoms with E-state index in [4.69, 9.17) is 9.94 Å². The molecule has 0 spiro atoms. The number of carbonyl (C=O) groups excluding carboxylic acids is 1. The highest BCUT2D eigenvalue weighted by atomic mass is 16.7. The van der Waals surface area contributed by atoms with Crippen LogP contribution < -0.4 is 0 Å². The molecule has 1 saturated heterocycles. The molecular weight excluding hydrogens is 122 g/mol. The molecule has 0 aromatic rings. The smallest absolute Gasteiger partial charge is 0.248 e. The van der Waals surface area contributed by atoms with Crippen LogP contribution in [0.25, 0.3) is 0 Å². The van der Waals surface area contributed by atoms with Crippen LogP contribution in [0.5, 0.6) is 0 Å². The molecule has 1 fully saturated rings. The summed E-state index contributed by atoms with van der Waals surface area (Å²) < 4.78 is 0. The molecule has 0 saturated carbocycles.